The molecule has 20 heavy (non-hydrogen) atoms. The number of rotatable bonds is 6. The SMILES string of the molecule is CC(C)N(CCC(N)=S)S(=O)(=O)c1ccc(Cl)c(Cl)c1. The smallest absolute Gasteiger partial charge is 0.243 e. The Balaban J connectivity index is 3.15. The molecule has 1 rings (SSSR count). The lowest BCUT2D eigenvalue weighted by Crippen LogP contribution is -2.38. The topological polar surface area (TPSA) is 63.4 Å². The van der Waals surface area contributed by atoms with Gasteiger partial charge < -0.3 is 5.73 Å². The van der Waals surface area contributed by atoms with Crippen molar-refractivity contribution in [1.82, 2.24) is 4.31 Å². The van der Waals surface area contributed by atoms with Crippen LogP contribution in [0.1, 0.15) is 20.3 Å². The second-order valence-corrected chi connectivity index (χ2v) is 7.73. The fourth-order valence-electron chi connectivity index (χ4n) is 1.65. The molecule has 0 spiro atoms. The molecule has 0 heterocycles. The lowest BCUT2D eigenvalue weighted by atomic mass is 10.3. The van der Waals surface area contributed by atoms with Gasteiger partial charge in [-0.3, -0.25) is 0 Å². The second kappa shape index (κ2) is 7.04. The van der Waals surface area contributed by atoms with Crippen molar-refractivity contribution in [3.05, 3.63) is 28.2 Å². The number of sulfonamides is 1. The van der Waals surface area contributed by atoms with Crippen LogP contribution in [0.5, 0.6) is 0 Å². The Kier molecular flexibility index (Phi) is 6.22. The molecule has 4 nitrogen and oxygen atoms in total. The highest BCUT2D eigenvalue weighted by Gasteiger charge is 2.27. The summed E-state index contributed by atoms with van der Waals surface area (Å²) < 4.78 is 26.5. The van der Waals surface area contributed by atoms with Crippen molar-refractivity contribution >= 4 is 50.4 Å². The van der Waals surface area contributed by atoms with E-state index in [2.05, 4.69) is 0 Å². The summed E-state index contributed by atoms with van der Waals surface area (Å²) in [6.07, 6.45) is 0.327. The Bertz CT molecular complexity index is 603. The standard InChI is InChI=1S/C12H16Cl2N2O2S2/c1-8(2)16(6-5-12(15)19)20(17,18)9-3-4-10(13)11(14)7-9/h3-4,7-8H,5-6H2,1-2H3,(H2,15,19). The number of halogens is 2. The van der Waals surface area contributed by atoms with E-state index in [1.165, 1.54) is 22.5 Å². The average molecular weight is 355 g/mol. The van der Waals surface area contributed by atoms with Crippen LogP contribution in [-0.2, 0) is 10.0 Å². The van der Waals surface area contributed by atoms with Gasteiger partial charge in [0.2, 0.25) is 10.0 Å². The van der Waals surface area contributed by atoms with Crippen LogP contribution in [0.25, 0.3) is 0 Å². The lowest BCUT2D eigenvalue weighted by molar-refractivity contribution is 0.362. The molecule has 0 aromatic heterocycles. The number of hydrogen-bond donors (Lipinski definition) is 1. The summed E-state index contributed by atoms with van der Waals surface area (Å²) in [7, 11) is -3.66. The zero-order valence-electron chi connectivity index (χ0n) is 11.1. The van der Waals surface area contributed by atoms with Gasteiger partial charge in [-0.1, -0.05) is 35.4 Å². The van der Waals surface area contributed by atoms with Gasteiger partial charge in [0.15, 0.2) is 0 Å². The van der Waals surface area contributed by atoms with E-state index in [9.17, 15) is 8.42 Å². The summed E-state index contributed by atoms with van der Waals surface area (Å²) >= 11 is 16.5. The molecule has 1 aromatic rings. The Labute approximate surface area is 134 Å². The molecule has 2 N–H and O–H groups in total. The van der Waals surface area contributed by atoms with Crippen LogP contribution in [0.4, 0.5) is 0 Å². The van der Waals surface area contributed by atoms with Crippen molar-refractivity contribution in [2.24, 2.45) is 5.73 Å². The van der Waals surface area contributed by atoms with Crippen LogP contribution in [0, 0.1) is 0 Å². The molecule has 0 fully saturated rings. The summed E-state index contributed by atoms with van der Waals surface area (Å²) in [5, 5.41) is 0.510. The molecule has 112 valence electrons. The molecular formula is C12H16Cl2N2O2S2. The predicted molar refractivity (Wildman–Crippen MR) is 86.9 cm³/mol. The third-order valence-electron chi connectivity index (χ3n) is 2.65. The van der Waals surface area contributed by atoms with Gasteiger partial charge in [0.1, 0.15) is 0 Å². The van der Waals surface area contributed by atoms with Gasteiger partial charge >= 0.3 is 0 Å². The Hall–Kier alpha value is -0.400. The third-order valence-corrected chi connectivity index (χ3v) is 5.67. The van der Waals surface area contributed by atoms with Crippen molar-refractivity contribution in [3.63, 3.8) is 0 Å². The predicted octanol–water partition coefficient (Wildman–Crippen LogP) is 3.07. The van der Waals surface area contributed by atoms with E-state index < -0.39 is 10.0 Å². The van der Waals surface area contributed by atoms with Crippen LogP contribution in [0.2, 0.25) is 10.0 Å². The number of nitrogens with two attached hydrogens (primary N) is 1. The minimum Gasteiger partial charge on any atom is -0.393 e. The highest BCUT2D eigenvalue weighted by Crippen LogP contribution is 2.27. The largest absolute Gasteiger partial charge is 0.393 e. The van der Waals surface area contributed by atoms with Crippen molar-refractivity contribution in [3.8, 4) is 0 Å². The molecule has 0 atom stereocenters. The first-order valence-corrected chi connectivity index (χ1v) is 8.52. The first-order chi connectivity index (χ1) is 9.16. The second-order valence-electron chi connectivity index (χ2n) is 4.50. The summed E-state index contributed by atoms with van der Waals surface area (Å²) in [6, 6.07) is 4.02. The zero-order valence-corrected chi connectivity index (χ0v) is 14.3. The normalized spacial score (nSPS) is 12.1. The van der Waals surface area contributed by atoms with Crippen molar-refractivity contribution in [2.75, 3.05) is 6.54 Å². The highest BCUT2D eigenvalue weighted by atomic mass is 35.5. The van der Waals surface area contributed by atoms with Gasteiger partial charge in [-0.25, -0.2) is 8.42 Å². The number of nitrogens with zero attached hydrogens (tertiary/aromatic N) is 1. The summed E-state index contributed by atoms with van der Waals surface area (Å²) in [5.41, 5.74) is 5.44. The first kappa shape index (κ1) is 17.7. The van der Waals surface area contributed by atoms with Crippen LogP contribution in [-0.4, -0.2) is 30.3 Å². The molecule has 0 aliphatic carbocycles. The fraction of sp³-hybridized carbons (Fsp3) is 0.417. The van der Waals surface area contributed by atoms with E-state index in [1.807, 2.05) is 0 Å². The van der Waals surface area contributed by atoms with Gasteiger partial charge in [-0.15, -0.1) is 0 Å². The quantitative estimate of drug-likeness (QED) is 0.797. The number of benzene rings is 1. The fourth-order valence-corrected chi connectivity index (χ4v) is 3.77. The van der Waals surface area contributed by atoms with E-state index in [1.54, 1.807) is 13.8 Å². The van der Waals surface area contributed by atoms with E-state index in [-0.39, 0.29) is 27.5 Å². The van der Waals surface area contributed by atoms with Crippen LogP contribution >= 0.6 is 35.4 Å². The Morgan fingerprint density at radius 1 is 1.35 bits per heavy atom. The maximum absolute atomic E-state index is 12.6. The first-order valence-electron chi connectivity index (χ1n) is 5.91. The van der Waals surface area contributed by atoms with E-state index in [0.29, 0.717) is 11.4 Å². The maximum atomic E-state index is 12.6. The monoisotopic (exact) mass is 354 g/mol. The lowest BCUT2D eigenvalue weighted by Gasteiger charge is -2.25. The molecular weight excluding hydrogens is 339 g/mol. The van der Waals surface area contributed by atoms with E-state index in [0.717, 1.165) is 0 Å². The highest BCUT2D eigenvalue weighted by molar-refractivity contribution is 7.89. The summed E-state index contributed by atoms with van der Waals surface area (Å²) in [6.45, 7) is 3.80. The van der Waals surface area contributed by atoms with Gasteiger partial charge in [0, 0.05) is 19.0 Å². The Morgan fingerprint density at radius 3 is 2.40 bits per heavy atom. The van der Waals surface area contributed by atoms with Crippen molar-refractivity contribution in [2.45, 2.75) is 31.2 Å². The third kappa shape index (κ3) is 4.30. The van der Waals surface area contributed by atoms with Crippen molar-refractivity contribution in [1.29, 1.82) is 0 Å². The van der Waals surface area contributed by atoms with E-state index in [4.69, 9.17) is 41.2 Å². The molecule has 0 radical (unpaired) electrons. The van der Waals surface area contributed by atoms with Gasteiger partial charge in [-0.05, 0) is 32.0 Å². The van der Waals surface area contributed by atoms with Crippen molar-refractivity contribution < 1.29 is 8.42 Å². The van der Waals surface area contributed by atoms with Gasteiger partial charge in [0.05, 0.1) is 19.9 Å². The molecule has 0 amide bonds. The van der Waals surface area contributed by atoms with Gasteiger partial charge in [0.25, 0.3) is 0 Å². The molecule has 0 saturated heterocycles. The van der Waals surface area contributed by atoms with Gasteiger partial charge in [-0.2, -0.15) is 4.31 Å². The molecule has 0 saturated carbocycles. The number of thiocarbonyl (C=S) groups is 1. The van der Waals surface area contributed by atoms with E-state index >= 15 is 0 Å². The molecule has 0 aliphatic heterocycles. The van der Waals surface area contributed by atoms with Crippen LogP contribution in [0.3, 0.4) is 0 Å². The molecule has 0 aliphatic rings. The van der Waals surface area contributed by atoms with Crippen LogP contribution < -0.4 is 5.73 Å². The maximum Gasteiger partial charge on any atom is 0.243 e. The Morgan fingerprint density at radius 2 is 1.95 bits per heavy atom. The zero-order chi connectivity index (χ0) is 15.5. The molecule has 8 heteroatoms. The summed E-state index contributed by atoms with van der Waals surface area (Å²) in [4.78, 5) is 0.378. The molecule has 0 unspecified atom stereocenters. The molecule has 0 bridgehead atoms. The van der Waals surface area contributed by atoms with Crippen LogP contribution in [0.15, 0.2) is 23.1 Å². The minimum absolute atomic E-state index is 0.100. The molecule has 1 aromatic carbocycles. The number of hydrogen-bond acceptors (Lipinski definition) is 3. The summed E-state index contributed by atoms with van der Waals surface area (Å²) in [5.74, 6) is 0. The average Bonchev–Trinajstić information content (AvgIpc) is 2.31. The minimum atomic E-state index is -3.66.